The Morgan fingerprint density at radius 2 is 2.00 bits per heavy atom. The summed E-state index contributed by atoms with van der Waals surface area (Å²) >= 11 is 7.41. The highest BCUT2D eigenvalue weighted by atomic mass is 35.5. The van der Waals surface area contributed by atoms with Crippen molar-refractivity contribution in [1.82, 2.24) is 0 Å². The molecular formula is C14H12ClFN2OS. The molecule has 2 aromatic rings. The number of anilines is 1. The molecule has 0 saturated heterocycles. The summed E-state index contributed by atoms with van der Waals surface area (Å²) in [6, 6.07) is 9.20. The molecule has 0 saturated carbocycles. The number of hydrogen-bond acceptors (Lipinski definition) is 3. The molecule has 0 bridgehead atoms. The molecule has 0 aliphatic heterocycles. The van der Waals surface area contributed by atoms with E-state index in [0.717, 1.165) is 4.90 Å². The Labute approximate surface area is 125 Å². The van der Waals surface area contributed by atoms with Crippen LogP contribution in [0.25, 0.3) is 0 Å². The SMILES string of the molecule is NC(=O)c1ccc(F)c(CSc2ccc(N)cc2Cl)c1. The van der Waals surface area contributed by atoms with E-state index in [4.69, 9.17) is 23.1 Å². The van der Waals surface area contributed by atoms with Gasteiger partial charge in [0, 0.05) is 21.9 Å². The van der Waals surface area contributed by atoms with Crippen LogP contribution >= 0.6 is 23.4 Å². The van der Waals surface area contributed by atoms with E-state index >= 15 is 0 Å². The van der Waals surface area contributed by atoms with Crippen molar-refractivity contribution in [3.05, 3.63) is 58.4 Å². The van der Waals surface area contributed by atoms with Crippen molar-refractivity contribution >= 4 is 35.0 Å². The number of carbonyl (C=O) groups is 1. The van der Waals surface area contributed by atoms with E-state index in [1.165, 1.54) is 30.0 Å². The van der Waals surface area contributed by atoms with Crippen molar-refractivity contribution in [2.24, 2.45) is 5.73 Å². The third-order valence-electron chi connectivity index (χ3n) is 2.67. The summed E-state index contributed by atoms with van der Waals surface area (Å²) in [5.74, 6) is -0.618. The molecule has 0 atom stereocenters. The Hall–Kier alpha value is -1.72. The molecule has 0 unspecified atom stereocenters. The molecule has 0 aromatic heterocycles. The first-order valence-electron chi connectivity index (χ1n) is 5.73. The molecule has 0 spiro atoms. The van der Waals surface area contributed by atoms with Gasteiger partial charge in [0.15, 0.2) is 0 Å². The number of benzene rings is 2. The van der Waals surface area contributed by atoms with E-state index in [1.54, 1.807) is 18.2 Å². The van der Waals surface area contributed by atoms with E-state index in [9.17, 15) is 9.18 Å². The van der Waals surface area contributed by atoms with Crippen LogP contribution < -0.4 is 11.5 Å². The predicted molar refractivity (Wildman–Crippen MR) is 80.3 cm³/mol. The fourth-order valence-electron chi connectivity index (χ4n) is 1.63. The third kappa shape index (κ3) is 3.43. The van der Waals surface area contributed by atoms with Gasteiger partial charge in [0.1, 0.15) is 5.82 Å². The van der Waals surface area contributed by atoms with E-state index in [1.807, 2.05) is 0 Å². The Balaban J connectivity index is 2.18. The maximum Gasteiger partial charge on any atom is 0.248 e. The van der Waals surface area contributed by atoms with Gasteiger partial charge < -0.3 is 11.5 Å². The monoisotopic (exact) mass is 310 g/mol. The summed E-state index contributed by atoms with van der Waals surface area (Å²) in [7, 11) is 0. The average molecular weight is 311 g/mol. The van der Waals surface area contributed by atoms with Crippen LogP contribution in [-0.2, 0) is 5.75 Å². The number of nitrogen functional groups attached to an aromatic ring is 1. The first-order chi connectivity index (χ1) is 9.47. The van der Waals surface area contributed by atoms with Crippen molar-refractivity contribution in [1.29, 1.82) is 0 Å². The van der Waals surface area contributed by atoms with Gasteiger partial charge in [-0.1, -0.05) is 11.6 Å². The largest absolute Gasteiger partial charge is 0.399 e. The number of primary amides is 1. The van der Waals surface area contributed by atoms with Crippen LogP contribution in [-0.4, -0.2) is 5.91 Å². The summed E-state index contributed by atoms with van der Waals surface area (Å²) in [4.78, 5) is 11.9. The van der Waals surface area contributed by atoms with E-state index in [-0.39, 0.29) is 11.4 Å². The lowest BCUT2D eigenvalue weighted by atomic mass is 10.1. The van der Waals surface area contributed by atoms with Crippen LogP contribution in [0.3, 0.4) is 0 Å². The minimum atomic E-state index is -0.582. The van der Waals surface area contributed by atoms with E-state index in [2.05, 4.69) is 0 Å². The second-order valence-electron chi connectivity index (χ2n) is 4.15. The highest BCUT2D eigenvalue weighted by Crippen LogP contribution is 2.31. The fourth-order valence-corrected chi connectivity index (χ4v) is 2.87. The zero-order valence-corrected chi connectivity index (χ0v) is 12.0. The van der Waals surface area contributed by atoms with Crippen molar-refractivity contribution in [2.75, 3.05) is 5.73 Å². The minimum Gasteiger partial charge on any atom is -0.399 e. The summed E-state index contributed by atoms with van der Waals surface area (Å²) in [5.41, 5.74) is 12.0. The van der Waals surface area contributed by atoms with Gasteiger partial charge >= 0.3 is 0 Å². The van der Waals surface area contributed by atoms with E-state index in [0.29, 0.717) is 22.0 Å². The smallest absolute Gasteiger partial charge is 0.248 e. The van der Waals surface area contributed by atoms with Crippen LogP contribution in [0, 0.1) is 5.82 Å². The van der Waals surface area contributed by atoms with Crippen molar-refractivity contribution in [3.63, 3.8) is 0 Å². The maximum atomic E-state index is 13.7. The van der Waals surface area contributed by atoms with Crippen LogP contribution in [0.5, 0.6) is 0 Å². The Kier molecular flexibility index (Phi) is 4.52. The molecule has 2 rings (SSSR count). The number of amides is 1. The molecule has 0 aliphatic carbocycles. The number of halogens is 2. The van der Waals surface area contributed by atoms with Gasteiger partial charge in [-0.3, -0.25) is 4.79 Å². The predicted octanol–water partition coefficient (Wildman–Crippen LogP) is 3.45. The van der Waals surface area contributed by atoms with Gasteiger partial charge in [0.05, 0.1) is 5.02 Å². The van der Waals surface area contributed by atoms with Crippen LogP contribution in [0.2, 0.25) is 5.02 Å². The molecule has 4 N–H and O–H groups in total. The lowest BCUT2D eigenvalue weighted by Gasteiger charge is -2.07. The molecule has 3 nitrogen and oxygen atoms in total. The van der Waals surface area contributed by atoms with Gasteiger partial charge in [0.2, 0.25) is 5.91 Å². The van der Waals surface area contributed by atoms with Gasteiger partial charge in [-0.15, -0.1) is 11.8 Å². The maximum absolute atomic E-state index is 13.7. The summed E-state index contributed by atoms with van der Waals surface area (Å²) < 4.78 is 13.7. The number of rotatable bonds is 4. The average Bonchev–Trinajstić information content (AvgIpc) is 2.39. The summed E-state index contributed by atoms with van der Waals surface area (Å²) in [5, 5.41) is 0.515. The highest BCUT2D eigenvalue weighted by molar-refractivity contribution is 7.98. The first-order valence-corrected chi connectivity index (χ1v) is 7.10. The van der Waals surface area contributed by atoms with Gasteiger partial charge in [-0.05, 0) is 42.0 Å². The fraction of sp³-hybridized carbons (Fsp3) is 0.0714. The molecule has 0 heterocycles. The van der Waals surface area contributed by atoms with Crippen LogP contribution in [0.1, 0.15) is 15.9 Å². The number of thioether (sulfide) groups is 1. The lowest BCUT2D eigenvalue weighted by Crippen LogP contribution is -2.11. The molecule has 0 fully saturated rings. The summed E-state index contributed by atoms with van der Waals surface area (Å²) in [6.45, 7) is 0. The molecule has 6 heteroatoms. The number of carbonyl (C=O) groups excluding carboxylic acids is 1. The van der Waals surface area contributed by atoms with E-state index < -0.39 is 5.91 Å². The van der Waals surface area contributed by atoms with Gasteiger partial charge in [-0.2, -0.15) is 0 Å². The van der Waals surface area contributed by atoms with Crippen molar-refractivity contribution in [3.8, 4) is 0 Å². The Bertz CT molecular complexity index is 664. The number of hydrogen-bond donors (Lipinski definition) is 2. The molecule has 20 heavy (non-hydrogen) atoms. The second kappa shape index (κ2) is 6.15. The normalized spacial score (nSPS) is 10.5. The van der Waals surface area contributed by atoms with Crippen molar-refractivity contribution in [2.45, 2.75) is 10.6 Å². The second-order valence-corrected chi connectivity index (χ2v) is 5.57. The number of nitrogens with two attached hydrogens (primary N) is 2. The molecule has 0 radical (unpaired) electrons. The third-order valence-corrected chi connectivity index (χ3v) is 4.22. The van der Waals surface area contributed by atoms with Gasteiger partial charge in [-0.25, -0.2) is 4.39 Å². The summed E-state index contributed by atoms with van der Waals surface area (Å²) in [6.07, 6.45) is 0. The van der Waals surface area contributed by atoms with Gasteiger partial charge in [0.25, 0.3) is 0 Å². The quantitative estimate of drug-likeness (QED) is 0.671. The van der Waals surface area contributed by atoms with Crippen LogP contribution in [0.4, 0.5) is 10.1 Å². The van der Waals surface area contributed by atoms with Crippen molar-refractivity contribution < 1.29 is 9.18 Å². The Morgan fingerprint density at radius 3 is 2.65 bits per heavy atom. The molecular weight excluding hydrogens is 299 g/mol. The topological polar surface area (TPSA) is 69.1 Å². The molecule has 2 aromatic carbocycles. The molecule has 1 amide bonds. The highest BCUT2D eigenvalue weighted by Gasteiger charge is 2.09. The first kappa shape index (κ1) is 14.7. The Morgan fingerprint density at radius 1 is 1.25 bits per heavy atom. The lowest BCUT2D eigenvalue weighted by molar-refractivity contribution is 0.1000. The zero-order valence-electron chi connectivity index (χ0n) is 10.4. The molecule has 0 aliphatic rings. The minimum absolute atomic E-state index is 0.283. The molecule has 104 valence electrons. The standard InChI is InChI=1S/C14H12ClFN2OS/c15-11-6-10(17)2-4-13(11)20-7-9-5-8(14(18)19)1-3-12(9)16/h1-6H,7,17H2,(H2,18,19). The van der Waals surface area contributed by atoms with Crippen LogP contribution in [0.15, 0.2) is 41.3 Å². The zero-order chi connectivity index (χ0) is 14.7.